The van der Waals surface area contributed by atoms with Gasteiger partial charge < -0.3 is 19.5 Å². The third kappa shape index (κ3) is 4.53. The van der Waals surface area contributed by atoms with Crippen molar-refractivity contribution in [2.45, 2.75) is 38.4 Å². The number of fused-ring (bicyclic) bond motifs is 1. The monoisotopic (exact) mass is 433 g/mol. The molecular weight excluding hydrogens is 406 g/mol. The number of rotatable bonds is 6. The number of hydrogen-bond donors (Lipinski definition) is 1. The van der Waals surface area contributed by atoms with E-state index < -0.39 is 0 Å². The maximum atomic E-state index is 11.6. The highest BCUT2D eigenvalue weighted by molar-refractivity contribution is 5.90. The summed E-state index contributed by atoms with van der Waals surface area (Å²) in [4.78, 5) is 20.7. The van der Waals surface area contributed by atoms with Crippen LogP contribution in [0, 0.1) is 5.92 Å². The summed E-state index contributed by atoms with van der Waals surface area (Å²) in [6, 6.07) is 11.9. The van der Waals surface area contributed by atoms with Gasteiger partial charge in [0.25, 0.3) is 0 Å². The van der Waals surface area contributed by atoms with E-state index >= 15 is 0 Å². The van der Waals surface area contributed by atoms with Crippen LogP contribution in [0.2, 0.25) is 0 Å². The normalized spacial score (nSPS) is 20.2. The Balaban J connectivity index is 1.39. The molecule has 2 atom stereocenters. The number of amides is 1. The second-order valence-corrected chi connectivity index (χ2v) is 8.45. The Kier molecular flexibility index (Phi) is 5.90. The molecule has 0 bridgehead atoms. The summed E-state index contributed by atoms with van der Waals surface area (Å²) in [5.74, 6) is 1.63. The Hall–Kier alpha value is -3.19. The van der Waals surface area contributed by atoms with Gasteiger partial charge in [0, 0.05) is 61.1 Å². The highest BCUT2D eigenvalue weighted by atomic mass is 16.5. The lowest BCUT2D eigenvalue weighted by molar-refractivity contribution is -0.119. The van der Waals surface area contributed by atoms with Crippen LogP contribution in [-0.4, -0.2) is 47.8 Å². The maximum absolute atomic E-state index is 11.6. The molecule has 5 rings (SSSR count). The van der Waals surface area contributed by atoms with Crippen LogP contribution < -0.4 is 14.8 Å². The number of hydrogen-bond acceptors (Lipinski definition) is 6. The summed E-state index contributed by atoms with van der Waals surface area (Å²) in [6.45, 7) is 4.14. The number of pyridine rings is 2. The number of benzene rings is 1. The lowest BCUT2D eigenvalue weighted by Gasteiger charge is -2.22. The minimum atomic E-state index is -0.0963. The molecule has 2 aliphatic rings. The Morgan fingerprint density at radius 3 is 2.75 bits per heavy atom. The summed E-state index contributed by atoms with van der Waals surface area (Å²) in [5, 5.41) is 3.84. The number of carbonyl (C=O) groups is 1. The topological polar surface area (TPSA) is 82.6 Å². The van der Waals surface area contributed by atoms with Crippen molar-refractivity contribution in [2.24, 2.45) is 5.92 Å². The van der Waals surface area contributed by atoms with Crippen molar-refractivity contribution in [1.29, 1.82) is 0 Å². The molecule has 0 aliphatic carbocycles. The zero-order chi connectivity index (χ0) is 21.9. The first-order valence-corrected chi connectivity index (χ1v) is 11.2. The Bertz CT molecular complexity index is 1100. The smallest absolute Gasteiger partial charge is 0.220 e. The van der Waals surface area contributed by atoms with Crippen LogP contribution in [-0.2, 0) is 9.53 Å². The second-order valence-electron chi connectivity index (χ2n) is 8.45. The molecule has 1 aromatic carbocycles. The van der Waals surface area contributed by atoms with Crippen molar-refractivity contribution in [3.05, 3.63) is 48.8 Å². The van der Waals surface area contributed by atoms with Gasteiger partial charge in [-0.05, 0) is 42.8 Å². The average molecular weight is 434 g/mol. The third-order valence-corrected chi connectivity index (χ3v) is 6.19. The van der Waals surface area contributed by atoms with E-state index in [-0.39, 0.29) is 24.0 Å². The predicted octanol–water partition coefficient (Wildman–Crippen LogP) is 3.76. The van der Waals surface area contributed by atoms with Gasteiger partial charge in [0.1, 0.15) is 18.0 Å². The van der Waals surface area contributed by atoms with Crippen LogP contribution in [0.4, 0.5) is 0 Å². The molecule has 0 spiro atoms. The van der Waals surface area contributed by atoms with Crippen molar-refractivity contribution in [3.63, 3.8) is 0 Å². The van der Waals surface area contributed by atoms with Gasteiger partial charge in [0.15, 0.2) is 0 Å². The molecule has 32 heavy (non-hydrogen) atoms. The SMILES string of the molecule is CC(Oc1cc(-c2ccc(OC3CCOCC3)nc2)cc2ncccc12)C1CNC(=O)C1. The van der Waals surface area contributed by atoms with Crippen LogP contribution in [0.1, 0.15) is 26.2 Å². The van der Waals surface area contributed by atoms with E-state index in [1.807, 2.05) is 49.5 Å². The molecule has 1 N–H and O–H groups in total. The van der Waals surface area contributed by atoms with Crippen molar-refractivity contribution in [3.8, 4) is 22.8 Å². The maximum Gasteiger partial charge on any atom is 0.220 e. The first kappa shape index (κ1) is 20.7. The van der Waals surface area contributed by atoms with E-state index in [4.69, 9.17) is 14.2 Å². The van der Waals surface area contributed by atoms with Gasteiger partial charge in [-0.25, -0.2) is 4.98 Å². The molecule has 1 amide bonds. The van der Waals surface area contributed by atoms with E-state index in [2.05, 4.69) is 15.3 Å². The third-order valence-electron chi connectivity index (χ3n) is 6.19. The number of carbonyl (C=O) groups excluding carboxylic acids is 1. The first-order valence-electron chi connectivity index (χ1n) is 11.2. The van der Waals surface area contributed by atoms with Crippen LogP contribution in [0.15, 0.2) is 48.8 Å². The van der Waals surface area contributed by atoms with Crippen LogP contribution >= 0.6 is 0 Å². The Morgan fingerprint density at radius 1 is 1.12 bits per heavy atom. The quantitative estimate of drug-likeness (QED) is 0.637. The van der Waals surface area contributed by atoms with Crippen LogP contribution in [0.25, 0.3) is 22.0 Å². The largest absolute Gasteiger partial charge is 0.490 e. The van der Waals surface area contributed by atoms with Gasteiger partial charge in [0.2, 0.25) is 11.8 Å². The van der Waals surface area contributed by atoms with Gasteiger partial charge in [0.05, 0.1) is 18.7 Å². The summed E-state index contributed by atoms with van der Waals surface area (Å²) in [6.07, 6.45) is 5.94. The highest BCUT2D eigenvalue weighted by Gasteiger charge is 2.28. The van der Waals surface area contributed by atoms with Gasteiger partial charge in [-0.1, -0.05) is 0 Å². The van der Waals surface area contributed by atoms with Crippen molar-refractivity contribution < 1.29 is 19.0 Å². The molecule has 2 aliphatic heterocycles. The second kappa shape index (κ2) is 9.12. The molecule has 0 radical (unpaired) electrons. The van der Waals surface area contributed by atoms with Gasteiger partial charge in [-0.2, -0.15) is 0 Å². The average Bonchev–Trinajstić information content (AvgIpc) is 3.27. The number of aromatic nitrogens is 2. The van der Waals surface area contributed by atoms with Gasteiger partial charge in [-0.15, -0.1) is 0 Å². The predicted molar refractivity (Wildman–Crippen MR) is 121 cm³/mol. The molecule has 7 nitrogen and oxygen atoms in total. The van der Waals surface area contributed by atoms with Gasteiger partial charge in [-0.3, -0.25) is 9.78 Å². The van der Waals surface area contributed by atoms with E-state index in [1.165, 1.54) is 0 Å². The minimum absolute atomic E-state index is 0.0832. The lowest BCUT2D eigenvalue weighted by Crippen LogP contribution is -2.26. The fourth-order valence-corrected chi connectivity index (χ4v) is 4.25. The van der Waals surface area contributed by atoms with Crippen LogP contribution in [0.3, 0.4) is 0 Å². The summed E-state index contributed by atoms with van der Waals surface area (Å²) >= 11 is 0. The summed E-state index contributed by atoms with van der Waals surface area (Å²) in [5.41, 5.74) is 2.80. The molecule has 3 aromatic rings. The fraction of sp³-hybridized carbons (Fsp3) is 0.400. The molecule has 4 heterocycles. The van der Waals surface area contributed by atoms with E-state index in [1.54, 1.807) is 6.20 Å². The molecule has 166 valence electrons. The van der Waals surface area contributed by atoms with Gasteiger partial charge >= 0.3 is 0 Å². The van der Waals surface area contributed by atoms with E-state index in [0.717, 1.165) is 53.8 Å². The van der Waals surface area contributed by atoms with Crippen molar-refractivity contribution in [2.75, 3.05) is 19.8 Å². The summed E-state index contributed by atoms with van der Waals surface area (Å²) < 4.78 is 17.7. The molecular formula is C25H27N3O4. The van der Waals surface area contributed by atoms with Crippen molar-refractivity contribution in [1.82, 2.24) is 15.3 Å². The minimum Gasteiger partial charge on any atom is -0.490 e. The van der Waals surface area contributed by atoms with Crippen molar-refractivity contribution >= 4 is 16.8 Å². The zero-order valence-corrected chi connectivity index (χ0v) is 18.1. The lowest BCUT2D eigenvalue weighted by atomic mass is 10.0. The molecule has 2 fully saturated rings. The molecule has 2 aromatic heterocycles. The Morgan fingerprint density at radius 2 is 2.00 bits per heavy atom. The highest BCUT2D eigenvalue weighted by Crippen LogP contribution is 2.33. The summed E-state index contributed by atoms with van der Waals surface area (Å²) in [7, 11) is 0. The molecule has 7 heteroatoms. The fourth-order valence-electron chi connectivity index (χ4n) is 4.25. The number of ether oxygens (including phenoxy) is 3. The first-order chi connectivity index (χ1) is 15.7. The molecule has 0 saturated carbocycles. The number of nitrogens with zero attached hydrogens (tertiary/aromatic N) is 2. The molecule has 2 saturated heterocycles. The zero-order valence-electron chi connectivity index (χ0n) is 18.1. The standard InChI is InChI=1S/C25H27N3O4/c1-16(19-13-24(29)27-15-19)31-23-12-18(11-22-21(23)3-2-8-26-22)17-4-5-25(28-14-17)32-20-6-9-30-10-7-20/h2-5,8,11-12,14,16,19-20H,6-7,9-10,13,15H2,1H3,(H,27,29). The molecule has 2 unspecified atom stereocenters. The number of nitrogens with one attached hydrogen (secondary N) is 1. The van der Waals surface area contributed by atoms with E-state index in [9.17, 15) is 4.79 Å². The Labute approximate surface area is 187 Å². The van der Waals surface area contributed by atoms with E-state index in [0.29, 0.717) is 18.8 Å². The van der Waals surface area contributed by atoms with Crippen LogP contribution in [0.5, 0.6) is 11.6 Å².